The van der Waals surface area contributed by atoms with E-state index in [1.807, 2.05) is 19.9 Å². The van der Waals surface area contributed by atoms with E-state index in [0.29, 0.717) is 0 Å². The molecule has 60 valence electrons. The summed E-state index contributed by atoms with van der Waals surface area (Å²) >= 11 is 0. The SMILES string of the molecule is Cc1cc(C)c(CC(=O)O)[nH]1. The van der Waals surface area contributed by atoms with E-state index in [-0.39, 0.29) is 6.42 Å². The average molecular weight is 153 g/mol. The van der Waals surface area contributed by atoms with Gasteiger partial charge in [0.25, 0.3) is 0 Å². The lowest BCUT2D eigenvalue weighted by atomic mass is 10.2. The van der Waals surface area contributed by atoms with Gasteiger partial charge in [0, 0.05) is 11.4 Å². The predicted molar refractivity (Wildman–Crippen MR) is 41.6 cm³/mol. The molecule has 0 radical (unpaired) electrons. The van der Waals surface area contributed by atoms with Crippen LogP contribution in [0.4, 0.5) is 0 Å². The van der Waals surface area contributed by atoms with E-state index in [0.717, 1.165) is 17.0 Å². The molecule has 0 saturated heterocycles. The summed E-state index contributed by atoms with van der Waals surface area (Å²) in [4.78, 5) is 13.3. The molecule has 0 aliphatic heterocycles. The second-order valence-electron chi connectivity index (χ2n) is 2.68. The van der Waals surface area contributed by atoms with Gasteiger partial charge in [0.2, 0.25) is 0 Å². The van der Waals surface area contributed by atoms with Crippen molar-refractivity contribution in [3.05, 3.63) is 23.0 Å². The summed E-state index contributed by atoms with van der Waals surface area (Å²) in [6, 6.07) is 1.94. The van der Waals surface area contributed by atoms with Gasteiger partial charge in [-0.2, -0.15) is 0 Å². The van der Waals surface area contributed by atoms with E-state index in [2.05, 4.69) is 4.98 Å². The van der Waals surface area contributed by atoms with Gasteiger partial charge in [-0.25, -0.2) is 0 Å². The summed E-state index contributed by atoms with van der Waals surface area (Å²) in [6.07, 6.45) is 0.0830. The zero-order chi connectivity index (χ0) is 8.43. The van der Waals surface area contributed by atoms with Crippen molar-refractivity contribution in [1.29, 1.82) is 0 Å². The third-order valence-electron chi connectivity index (χ3n) is 1.59. The number of carbonyl (C=O) groups is 1. The first-order valence-corrected chi connectivity index (χ1v) is 3.46. The fourth-order valence-corrected chi connectivity index (χ4v) is 1.12. The molecule has 0 aromatic carbocycles. The maximum absolute atomic E-state index is 10.3. The second-order valence-corrected chi connectivity index (χ2v) is 2.68. The lowest BCUT2D eigenvalue weighted by Gasteiger charge is -1.92. The van der Waals surface area contributed by atoms with Crippen molar-refractivity contribution in [2.24, 2.45) is 0 Å². The molecule has 1 rings (SSSR count). The number of carboxylic acids is 1. The molecular weight excluding hydrogens is 142 g/mol. The summed E-state index contributed by atoms with van der Waals surface area (Å²) < 4.78 is 0. The first-order chi connectivity index (χ1) is 5.09. The average Bonchev–Trinajstić information content (AvgIpc) is 2.09. The number of aromatic nitrogens is 1. The van der Waals surface area contributed by atoms with Crippen LogP contribution in [0.2, 0.25) is 0 Å². The van der Waals surface area contributed by atoms with E-state index >= 15 is 0 Å². The molecule has 0 aliphatic rings. The van der Waals surface area contributed by atoms with Gasteiger partial charge < -0.3 is 10.1 Å². The summed E-state index contributed by atoms with van der Waals surface area (Å²) in [5.41, 5.74) is 2.83. The number of rotatable bonds is 2. The van der Waals surface area contributed by atoms with Gasteiger partial charge in [0.15, 0.2) is 0 Å². The van der Waals surface area contributed by atoms with Crippen LogP contribution in [0, 0.1) is 13.8 Å². The van der Waals surface area contributed by atoms with Crippen LogP contribution in [0.15, 0.2) is 6.07 Å². The van der Waals surface area contributed by atoms with Crippen molar-refractivity contribution in [2.45, 2.75) is 20.3 Å². The Labute approximate surface area is 65.1 Å². The molecule has 0 fully saturated rings. The summed E-state index contributed by atoms with van der Waals surface area (Å²) in [7, 11) is 0. The molecule has 0 amide bonds. The van der Waals surface area contributed by atoms with E-state index in [1.165, 1.54) is 0 Å². The van der Waals surface area contributed by atoms with Crippen molar-refractivity contribution in [2.75, 3.05) is 0 Å². The smallest absolute Gasteiger partial charge is 0.309 e. The minimum absolute atomic E-state index is 0.0830. The fourth-order valence-electron chi connectivity index (χ4n) is 1.12. The fraction of sp³-hybridized carbons (Fsp3) is 0.375. The van der Waals surface area contributed by atoms with E-state index in [9.17, 15) is 4.79 Å². The lowest BCUT2D eigenvalue weighted by Crippen LogP contribution is -2.01. The number of hydrogen-bond acceptors (Lipinski definition) is 1. The van der Waals surface area contributed by atoms with Crippen LogP contribution in [0.1, 0.15) is 17.0 Å². The highest BCUT2D eigenvalue weighted by Gasteiger charge is 2.05. The van der Waals surface area contributed by atoms with Crippen LogP contribution in [0.3, 0.4) is 0 Å². The Morgan fingerprint density at radius 2 is 2.27 bits per heavy atom. The van der Waals surface area contributed by atoms with Gasteiger partial charge in [-0.15, -0.1) is 0 Å². The van der Waals surface area contributed by atoms with Crippen molar-refractivity contribution in [3.63, 3.8) is 0 Å². The molecule has 0 aliphatic carbocycles. The number of aromatic amines is 1. The minimum atomic E-state index is -0.796. The molecule has 1 heterocycles. The Morgan fingerprint density at radius 1 is 1.64 bits per heavy atom. The quantitative estimate of drug-likeness (QED) is 0.672. The van der Waals surface area contributed by atoms with Crippen molar-refractivity contribution in [1.82, 2.24) is 4.98 Å². The Morgan fingerprint density at radius 3 is 2.64 bits per heavy atom. The highest BCUT2D eigenvalue weighted by atomic mass is 16.4. The Balaban J connectivity index is 2.85. The van der Waals surface area contributed by atoms with E-state index < -0.39 is 5.97 Å². The number of carboxylic acid groups (broad SMARTS) is 1. The van der Waals surface area contributed by atoms with Gasteiger partial charge in [0.05, 0.1) is 6.42 Å². The van der Waals surface area contributed by atoms with Crippen LogP contribution >= 0.6 is 0 Å². The number of aryl methyl sites for hydroxylation is 2. The monoisotopic (exact) mass is 153 g/mol. The Kier molecular flexibility index (Phi) is 1.98. The maximum Gasteiger partial charge on any atom is 0.309 e. The summed E-state index contributed by atoms with van der Waals surface area (Å²) in [5.74, 6) is -0.796. The normalized spacial score (nSPS) is 10.0. The molecule has 0 unspecified atom stereocenters. The topological polar surface area (TPSA) is 53.1 Å². The van der Waals surface area contributed by atoms with Gasteiger partial charge >= 0.3 is 5.97 Å². The van der Waals surface area contributed by atoms with Gasteiger partial charge in [0.1, 0.15) is 0 Å². The molecule has 0 saturated carbocycles. The molecule has 2 N–H and O–H groups in total. The molecule has 11 heavy (non-hydrogen) atoms. The molecule has 0 bridgehead atoms. The zero-order valence-electron chi connectivity index (χ0n) is 6.64. The van der Waals surface area contributed by atoms with Gasteiger partial charge in [-0.05, 0) is 25.5 Å². The summed E-state index contributed by atoms with van der Waals surface area (Å²) in [5, 5.41) is 8.48. The van der Waals surface area contributed by atoms with Crippen LogP contribution < -0.4 is 0 Å². The maximum atomic E-state index is 10.3. The predicted octanol–water partition coefficient (Wildman–Crippen LogP) is 1.26. The highest BCUT2D eigenvalue weighted by Crippen LogP contribution is 2.08. The Bertz CT molecular complexity index is 276. The number of nitrogens with one attached hydrogen (secondary N) is 1. The minimum Gasteiger partial charge on any atom is -0.481 e. The van der Waals surface area contributed by atoms with E-state index in [1.54, 1.807) is 0 Å². The second kappa shape index (κ2) is 2.78. The van der Waals surface area contributed by atoms with Crippen LogP contribution in [0.25, 0.3) is 0 Å². The molecule has 1 aromatic heterocycles. The van der Waals surface area contributed by atoms with Gasteiger partial charge in [-0.3, -0.25) is 4.79 Å². The highest BCUT2D eigenvalue weighted by molar-refractivity contribution is 5.70. The van der Waals surface area contributed by atoms with Crippen LogP contribution in [0.5, 0.6) is 0 Å². The lowest BCUT2D eigenvalue weighted by molar-refractivity contribution is -0.136. The number of hydrogen-bond donors (Lipinski definition) is 2. The van der Waals surface area contributed by atoms with Crippen LogP contribution in [-0.2, 0) is 11.2 Å². The molecule has 0 spiro atoms. The number of H-pyrrole nitrogens is 1. The van der Waals surface area contributed by atoms with Crippen molar-refractivity contribution in [3.8, 4) is 0 Å². The summed E-state index contributed by atoms with van der Waals surface area (Å²) in [6.45, 7) is 3.82. The van der Waals surface area contributed by atoms with Gasteiger partial charge in [-0.1, -0.05) is 0 Å². The zero-order valence-corrected chi connectivity index (χ0v) is 6.64. The third kappa shape index (κ3) is 1.83. The molecule has 0 atom stereocenters. The molecule has 3 nitrogen and oxygen atoms in total. The molecule has 3 heteroatoms. The van der Waals surface area contributed by atoms with Crippen molar-refractivity contribution < 1.29 is 9.90 Å². The number of aliphatic carboxylic acids is 1. The Hall–Kier alpha value is -1.25. The molecule has 1 aromatic rings. The third-order valence-corrected chi connectivity index (χ3v) is 1.59. The molecular formula is C8H11NO2. The largest absolute Gasteiger partial charge is 0.481 e. The van der Waals surface area contributed by atoms with Crippen molar-refractivity contribution >= 4 is 5.97 Å². The van der Waals surface area contributed by atoms with Crippen LogP contribution in [-0.4, -0.2) is 16.1 Å². The van der Waals surface area contributed by atoms with E-state index in [4.69, 9.17) is 5.11 Å². The first kappa shape index (κ1) is 7.85. The first-order valence-electron chi connectivity index (χ1n) is 3.46. The standard InChI is InChI=1S/C8H11NO2/c1-5-3-6(2)9-7(5)4-8(10)11/h3,9H,4H2,1-2H3,(H,10,11).